The zero-order valence-electron chi connectivity index (χ0n) is 10.9. The fourth-order valence-corrected chi connectivity index (χ4v) is 1.69. The highest BCUT2D eigenvalue weighted by Crippen LogP contribution is 2.21. The Morgan fingerprint density at radius 1 is 1.11 bits per heavy atom. The molecule has 0 spiro atoms. The molecule has 0 saturated carbocycles. The van der Waals surface area contributed by atoms with Gasteiger partial charge >= 0.3 is 5.97 Å². The molecule has 1 aromatic rings. The Labute approximate surface area is 107 Å². The molecule has 0 aliphatic rings. The molecule has 0 fully saturated rings. The summed E-state index contributed by atoms with van der Waals surface area (Å²) in [5.74, 6) is -2.40. The maximum atomic E-state index is 11.8. The summed E-state index contributed by atoms with van der Waals surface area (Å²) in [5.41, 5.74) is 0.985. The summed E-state index contributed by atoms with van der Waals surface area (Å²) >= 11 is 0. The van der Waals surface area contributed by atoms with E-state index in [1.165, 1.54) is 6.92 Å². The van der Waals surface area contributed by atoms with Crippen LogP contribution in [-0.2, 0) is 9.59 Å². The van der Waals surface area contributed by atoms with Crippen molar-refractivity contribution < 1.29 is 14.7 Å². The highest BCUT2D eigenvalue weighted by molar-refractivity contribution is 5.96. The Kier molecular flexibility index (Phi) is 4.89. The van der Waals surface area contributed by atoms with Gasteiger partial charge in [0.1, 0.15) is 5.92 Å². The minimum absolute atomic E-state index is 0.166. The second-order valence-corrected chi connectivity index (χ2v) is 4.70. The van der Waals surface area contributed by atoms with Crippen LogP contribution in [0.1, 0.15) is 32.4 Å². The van der Waals surface area contributed by atoms with Crippen LogP contribution >= 0.6 is 0 Å². The van der Waals surface area contributed by atoms with Crippen molar-refractivity contribution in [2.24, 2.45) is 11.8 Å². The van der Waals surface area contributed by atoms with Gasteiger partial charge in [-0.2, -0.15) is 0 Å². The number of benzene rings is 1. The van der Waals surface area contributed by atoms with Gasteiger partial charge in [0.15, 0.2) is 0 Å². The Bertz CT molecular complexity index is 414. The van der Waals surface area contributed by atoms with Crippen LogP contribution in [0.5, 0.6) is 0 Å². The highest BCUT2D eigenvalue weighted by atomic mass is 16.4. The molecular formula is C14H19NO3. The van der Waals surface area contributed by atoms with E-state index in [2.05, 4.69) is 5.32 Å². The maximum Gasteiger partial charge on any atom is 0.315 e. The predicted octanol–water partition coefficient (Wildman–Crippen LogP) is 2.22. The largest absolute Gasteiger partial charge is 0.481 e. The van der Waals surface area contributed by atoms with Gasteiger partial charge in [-0.1, -0.05) is 44.2 Å². The van der Waals surface area contributed by atoms with Crippen molar-refractivity contribution >= 4 is 11.9 Å². The first-order valence-electron chi connectivity index (χ1n) is 6.01. The van der Waals surface area contributed by atoms with Gasteiger partial charge in [0.25, 0.3) is 0 Å². The van der Waals surface area contributed by atoms with Gasteiger partial charge in [-0.15, -0.1) is 0 Å². The Morgan fingerprint density at radius 2 is 1.67 bits per heavy atom. The number of carbonyl (C=O) groups is 2. The molecule has 0 aliphatic heterocycles. The van der Waals surface area contributed by atoms with Crippen LogP contribution in [0.4, 0.5) is 0 Å². The molecule has 0 aromatic heterocycles. The lowest BCUT2D eigenvalue weighted by Crippen LogP contribution is -2.38. The molecule has 4 heteroatoms. The van der Waals surface area contributed by atoms with Crippen LogP contribution in [-0.4, -0.2) is 17.0 Å². The minimum Gasteiger partial charge on any atom is -0.481 e. The number of aliphatic carboxylic acids is 1. The van der Waals surface area contributed by atoms with E-state index in [4.69, 9.17) is 5.11 Å². The third-order valence-corrected chi connectivity index (χ3v) is 2.89. The summed E-state index contributed by atoms with van der Waals surface area (Å²) in [6.45, 7) is 5.37. The number of carboxylic acid groups (broad SMARTS) is 1. The van der Waals surface area contributed by atoms with Gasteiger partial charge in [0, 0.05) is 0 Å². The highest BCUT2D eigenvalue weighted by Gasteiger charge is 2.25. The molecule has 0 heterocycles. The van der Waals surface area contributed by atoms with E-state index in [1.54, 1.807) is 0 Å². The zero-order valence-corrected chi connectivity index (χ0v) is 10.9. The average Bonchev–Trinajstić information content (AvgIpc) is 2.35. The van der Waals surface area contributed by atoms with Crippen LogP contribution in [0.25, 0.3) is 0 Å². The summed E-state index contributed by atoms with van der Waals surface area (Å²) < 4.78 is 0. The summed E-state index contributed by atoms with van der Waals surface area (Å²) in [5, 5.41) is 11.6. The number of amides is 1. The number of nitrogens with one attached hydrogen (secondary N) is 1. The molecule has 18 heavy (non-hydrogen) atoms. The van der Waals surface area contributed by atoms with Crippen molar-refractivity contribution in [2.75, 3.05) is 0 Å². The van der Waals surface area contributed by atoms with Gasteiger partial charge < -0.3 is 10.4 Å². The number of carboxylic acids is 1. The van der Waals surface area contributed by atoms with E-state index in [-0.39, 0.29) is 12.0 Å². The van der Waals surface area contributed by atoms with E-state index in [1.807, 2.05) is 44.2 Å². The molecule has 1 rings (SSSR count). The molecule has 4 nitrogen and oxygen atoms in total. The Morgan fingerprint density at radius 3 is 2.11 bits per heavy atom. The SMILES string of the molecule is CC(C(=O)O)C(=O)NC(c1ccccc1)C(C)C. The first-order valence-corrected chi connectivity index (χ1v) is 6.01. The number of rotatable bonds is 5. The molecule has 0 radical (unpaired) electrons. The maximum absolute atomic E-state index is 11.8. The molecule has 0 bridgehead atoms. The molecule has 0 aliphatic carbocycles. The van der Waals surface area contributed by atoms with Gasteiger partial charge in [0.05, 0.1) is 6.04 Å². The van der Waals surface area contributed by atoms with Crippen molar-refractivity contribution in [3.05, 3.63) is 35.9 Å². The topological polar surface area (TPSA) is 66.4 Å². The summed E-state index contributed by atoms with van der Waals surface area (Å²) in [4.78, 5) is 22.5. The quantitative estimate of drug-likeness (QED) is 0.786. The lowest BCUT2D eigenvalue weighted by molar-refractivity contribution is -0.146. The smallest absolute Gasteiger partial charge is 0.315 e. The molecular weight excluding hydrogens is 230 g/mol. The predicted molar refractivity (Wildman–Crippen MR) is 69.0 cm³/mol. The summed E-state index contributed by atoms with van der Waals surface area (Å²) in [6.07, 6.45) is 0. The third kappa shape index (κ3) is 3.58. The van der Waals surface area contributed by atoms with Gasteiger partial charge in [-0.3, -0.25) is 9.59 Å². The molecule has 2 N–H and O–H groups in total. The van der Waals surface area contributed by atoms with E-state index in [0.29, 0.717) is 0 Å². The average molecular weight is 249 g/mol. The molecule has 2 unspecified atom stereocenters. The number of hydrogen-bond donors (Lipinski definition) is 2. The van der Waals surface area contributed by atoms with E-state index >= 15 is 0 Å². The van der Waals surface area contributed by atoms with Crippen LogP contribution in [0.2, 0.25) is 0 Å². The second-order valence-electron chi connectivity index (χ2n) is 4.70. The fraction of sp³-hybridized carbons (Fsp3) is 0.429. The first-order chi connectivity index (χ1) is 8.43. The van der Waals surface area contributed by atoms with Gasteiger partial charge in [-0.05, 0) is 18.4 Å². The lowest BCUT2D eigenvalue weighted by atomic mass is 9.95. The Balaban J connectivity index is 2.83. The molecule has 1 amide bonds. The summed E-state index contributed by atoms with van der Waals surface area (Å²) in [6, 6.07) is 9.39. The number of hydrogen-bond acceptors (Lipinski definition) is 2. The zero-order chi connectivity index (χ0) is 13.7. The van der Waals surface area contributed by atoms with Crippen molar-refractivity contribution in [1.82, 2.24) is 5.32 Å². The number of carbonyl (C=O) groups excluding carboxylic acids is 1. The standard InChI is InChI=1S/C14H19NO3/c1-9(2)12(11-7-5-4-6-8-11)15-13(16)10(3)14(17)18/h4-10,12H,1-3H3,(H,15,16)(H,17,18). The molecule has 1 aromatic carbocycles. The summed E-state index contributed by atoms with van der Waals surface area (Å²) in [7, 11) is 0. The first kappa shape index (κ1) is 14.2. The minimum atomic E-state index is -1.11. The normalized spacial score (nSPS) is 14.0. The van der Waals surface area contributed by atoms with Crippen LogP contribution in [0.3, 0.4) is 0 Å². The van der Waals surface area contributed by atoms with Gasteiger partial charge in [0.2, 0.25) is 5.91 Å². The second kappa shape index (κ2) is 6.19. The van der Waals surface area contributed by atoms with E-state index in [9.17, 15) is 9.59 Å². The van der Waals surface area contributed by atoms with Crippen molar-refractivity contribution in [3.8, 4) is 0 Å². The van der Waals surface area contributed by atoms with Crippen molar-refractivity contribution in [2.45, 2.75) is 26.8 Å². The van der Waals surface area contributed by atoms with Crippen LogP contribution in [0, 0.1) is 11.8 Å². The van der Waals surface area contributed by atoms with E-state index < -0.39 is 17.8 Å². The lowest BCUT2D eigenvalue weighted by Gasteiger charge is -2.23. The van der Waals surface area contributed by atoms with Crippen LogP contribution < -0.4 is 5.32 Å². The fourth-order valence-electron chi connectivity index (χ4n) is 1.69. The molecule has 0 saturated heterocycles. The monoisotopic (exact) mass is 249 g/mol. The van der Waals surface area contributed by atoms with Gasteiger partial charge in [-0.25, -0.2) is 0 Å². The van der Waals surface area contributed by atoms with E-state index in [0.717, 1.165) is 5.56 Å². The Hall–Kier alpha value is -1.84. The third-order valence-electron chi connectivity index (χ3n) is 2.89. The van der Waals surface area contributed by atoms with Crippen molar-refractivity contribution in [1.29, 1.82) is 0 Å². The molecule has 98 valence electrons. The van der Waals surface area contributed by atoms with Crippen LogP contribution in [0.15, 0.2) is 30.3 Å². The van der Waals surface area contributed by atoms with Crippen molar-refractivity contribution in [3.63, 3.8) is 0 Å². The molecule has 2 atom stereocenters.